The highest BCUT2D eigenvalue weighted by Gasteiger charge is 2.36. The first kappa shape index (κ1) is 20.8. The van der Waals surface area contributed by atoms with Crippen molar-refractivity contribution in [2.24, 2.45) is 0 Å². The molecule has 0 spiro atoms. The van der Waals surface area contributed by atoms with E-state index in [2.05, 4.69) is 20.4 Å². The van der Waals surface area contributed by atoms with E-state index in [9.17, 15) is 18.0 Å². The van der Waals surface area contributed by atoms with Gasteiger partial charge in [0.15, 0.2) is 17.0 Å². The van der Waals surface area contributed by atoms with Gasteiger partial charge in [0.2, 0.25) is 0 Å². The van der Waals surface area contributed by atoms with Crippen LogP contribution in [0.4, 0.5) is 13.2 Å². The van der Waals surface area contributed by atoms with Crippen LogP contribution in [0.5, 0.6) is 0 Å². The molecule has 4 rings (SSSR count). The van der Waals surface area contributed by atoms with E-state index >= 15 is 0 Å². The number of carbonyl (C=O) groups is 1. The number of nitrogens with one attached hydrogen (secondary N) is 1. The molecule has 0 radical (unpaired) electrons. The lowest BCUT2D eigenvalue weighted by Gasteiger charge is -2.11. The Morgan fingerprint density at radius 1 is 1.19 bits per heavy atom. The summed E-state index contributed by atoms with van der Waals surface area (Å²) in [6.07, 6.45) is -1.59. The van der Waals surface area contributed by atoms with Crippen LogP contribution in [0.3, 0.4) is 0 Å². The van der Waals surface area contributed by atoms with Crippen molar-refractivity contribution >= 4 is 23.2 Å². The number of halogens is 4. The fraction of sp³-hybridized carbons (Fsp3) is 0.143. The Morgan fingerprint density at radius 3 is 2.58 bits per heavy atom. The van der Waals surface area contributed by atoms with Crippen LogP contribution in [0, 0.1) is 6.92 Å². The van der Waals surface area contributed by atoms with E-state index in [1.807, 2.05) is 6.92 Å². The molecule has 10 heteroatoms. The predicted octanol–water partition coefficient (Wildman–Crippen LogP) is 4.70. The summed E-state index contributed by atoms with van der Waals surface area (Å²) in [6.45, 7) is 1.98. The predicted molar refractivity (Wildman–Crippen MR) is 109 cm³/mol. The van der Waals surface area contributed by atoms with Crippen LogP contribution in [0.2, 0.25) is 5.02 Å². The summed E-state index contributed by atoms with van der Waals surface area (Å²) >= 11 is 6.25. The van der Waals surface area contributed by atoms with Crippen LogP contribution in [-0.4, -0.2) is 25.5 Å². The average molecular weight is 446 g/mol. The summed E-state index contributed by atoms with van der Waals surface area (Å²) in [5, 5.41) is 6.13. The molecule has 0 saturated carbocycles. The Balaban J connectivity index is 1.77. The number of hydrogen-bond acceptors (Lipinski definition) is 4. The van der Waals surface area contributed by atoms with Gasteiger partial charge in [0.05, 0.1) is 5.69 Å². The summed E-state index contributed by atoms with van der Waals surface area (Å²) in [6, 6.07) is 11.2. The largest absolute Gasteiger partial charge is 0.433 e. The first-order valence-electron chi connectivity index (χ1n) is 9.14. The molecule has 0 atom stereocenters. The summed E-state index contributed by atoms with van der Waals surface area (Å²) in [5.74, 6) is -0.718. The maximum absolute atomic E-state index is 13.7. The monoisotopic (exact) mass is 445 g/mol. The highest BCUT2D eigenvalue weighted by atomic mass is 35.5. The molecule has 1 amide bonds. The van der Waals surface area contributed by atoms with Gasteiger partial charge in [0.25, 0.3) is 5.91 Å². The molecule has 0 saturated heterocycles. The quantitative estimate of drug-likeness (QED) is 0.494. The number of rotatable bonds is 4. The number of carbonyl (C=O) groups excluding carboxylic acids is 1. The molecule has 0 bridgehead atoms. The van der Waals surface area contributed by atoms with Gasteiger partial charge in [-0.05, 0) is 24.6 Å². The van der Waals surface area contributed by atoms with E-state index in [0.717, 1.165) is 11.6 Å². The highest BCUT2D eigenvalue weighted by molar-refractivity contribution is 6.36. The Bertz CT molecular complexity index is 1250. The van der Waals surface area contributed by atoms with E-state index in [-0.39, 0.29) is 28.6 Å². The first-order valence-corrected chi connectivity index (χ1v) is 9.52. The van der Waals surface area contributed by atoms with Crippen molar-refractivity contribution in [1.29, 1.82) is 0 Å². The third-order valence-corrected chi connectivity index (χ3v) is 4.91. The van der Waals surface area contributed by atoms with Gasteiger partial charge in [-0.25, -0.2) is 9.50 Å². The molecule has 4 aromatic rings. The number of alkyl halides is 3. The minimum Gasteiger partial charge on any atom is -0.346 e. The van der Waals surface area contributed by atoms with Gasteiger partial charge in [-0.1, -0.05) is 47.5 Å². The van der Waals surface area contributed by atoms with Gasteiger partial charge < -0.3 is 5.32 Å². The van der Waals surface area contributed by atoms with Crippen molar-refractivity contribution in [2.45, 2.75) is 19.6 Å². The van der Waals surface area contributed by atoms with Gasteiger partial charge in [0.1, 0.15) is 5.02 Å². The number of pyridine rings is 1. The van der Waals surface area contributed by atoms with Gasteiger partial charge in [0, 0.05) is 24.5 Å². The molecule has 1 N–H and O–H groups in total. The van der Waals surface area contributed by atoms with Crippen LogP contribution in [0.25, 0.3) is 16.9 Å². The Kier molecular flexibility index (Phi) is 5.36. The third kappa shape index (κ3) is 4.22. The van der Waals surface area contributed by atoms with Crippen molar-refractivity contribution < 1.29 is 18.0 Å². The molecule has 0 aliphatic carbocycles. The van der Waals surface area contributed by atoms with Crippen molar-refractivity contribution in [3.8, 4) is 11.3 Å². The molecule has 31 heavy (non-hydrogen) atoms. The van der Waals surface area contributed by atoms with Crippen molar-refractivity contribution in [3.63, 3.8) is 0 Å². The Morgan fingerprint density at radius 2 is 1.94 bits per heavy atom. The van der Waals surface area contributed by atoms with Crippen LogP contribution in [-0.2, 0) is 12.7 Å². The number of fused-ring (bicyclic) bond motifs is 1. The zero-order chi connectivity index (χ0) is 22.2. The van der Waals surface area contributed by atoms with Crippen molar-refractivity contribution in [3.05, 3.63) is 82.4 Å². The van der Waals surface area contributed by atoms with Crippen molar-refractivity contribution in [2.75, 3.05) is 0 Å². The second-order valence-corrected chi connectivity index (χ2v) is 7.21. The molecule has 0 aliphatic heterocycles. The minimum absolute atomic E-state index is 0.0731. The smallest absolute Gasteiger partial charge is 0.346 e. The highest BCUT2D eigenvalue weighted by Crippen LogP contribution is 2.34. The third-order valence-electron chi connectivity index (χ3n) is 4.56. The lowest BCUT2D eigenvalue weighted by atomic mass is 10.1. The maximum Gasteiger partial charge on any atom is 0.433 e. The van der Waals surface area contributed by atoms with Gasteiger partial charge >= 0.3 is 6.18 Å². The molecule has 3 aromatic heterocycles. The summed E-state index contributed by atoms with van der Waals surface area (Å²) in [5.41, 5.74) is 0.550. The lowest BCUT2D eigenvalue weighted by molar-refractivity contribution is -0.142. The summed E-state index contributed by atoms with van der Waals surface area (Å²) in [7, 11) is 0. The zero-order valence-electron chi connectivity index (χ0n) is 16.1. The fourth-order valence-electron chi connectivity index (χ4n) is 2.98. The molecule has 6 nitrogen and oxygen atoms in total. The molecular weight excluding hydrogens is 431 g/mol. The Labute approximate surface area is 179 Å². The average Bonchev–Trinajstić information content (AvgIpc) is 3.08. The molecule has 0 unspecified atom stereocenters. The van der Waals surface area contributed by atoms with Gasteiger partial charge in [-0.3, -0.25) is 9.78 Å². The Hall–Kier alpha value is -3.46. The van der Waals surface area contributed by atoms with Gasteiger partial charge in [-0.15, -0.1) is 0 Å². The zero-order valence-corrected chi connectivity index (χ0v) is 16.9. The van der Waals surface area contributed by atoms with Crippen molar-refractivity contribution in [1.82, 2.24) is 24.9 Å². The topological polar surface area (TPSA) is 72.2 Å². The summed E-state index contributed by atoms with van der Waals surface area (Å²) < 4.78 is 41.8. The van der Waals surface area contributed by atoms with Crippen LogP contribution in [0.1, 0.15) is 27.3 Å². The molecule has 0 aliphatic rings. The number of aryl methyl sites for hydroxylation is 1. The number of amides is 1. The molecule has 158 valence electrons. The van der Waals surface area contributed by atoms with Gasteiger partial charge in [-0.2, -0.15) is 18.3 Å². The van der Waals surface area contributed by atoms with Crippen LogP contribution >= 0.6 is 11.6 Å². The normalized spacial score (nSPS) is 11.6. The van der Waals surface area contributed by atoms with Crippen LogP contribution in [0.15, 0.2) is 54.9 Å². The summed E-state index contributed by atoms with van der Waals surface area (Å²) in [4.78, 5) is 20.7. The van der Waals surface area contributed by atoms with Crippen LogP contribution < -0.4 is 5.32 Å². The van der Waals surface area contributed by atoms with E-state index in [0.29, 0.717) is 15.6 Å². The minimum atomic E-state index is -4.74. The molecule has 3 heterocycles. The number of benzene rings is 1. The van der Waals surface area contributed by atoms with E-state index in [1.165, 1.54) is 0 Å². The number of aromatic nitrogens is 4. The van der Waals surface area contributed by atoms with E-state index < -0.39 is 17.8 Å². The lowest BCUT2D eigenvalue weighted by Crippen LogP contribution is -2.23. The second kappa shape index (κ2) is 7.99. The molecule has 0 fully saturated rings. The second-order valence-electron chi connectivity index (χ2n) is 6.83. The molecular formula is C21H15ClF3N5O. The number of hydrogen-bond donors (Lipinski definition) is 1. The standard InChI is InChI=1S/C21H15ClF3N5O/c1-12-4-6-14(7-5-12)15-9-16(21(23,24)25)30-19(28-15)17(22)18(29-30)20(31)27-11-13-3-2-8-26-10-13/h2-10H,11H2,1H3,(H,27,31). The first-order chi connectivity index (χ1) is 14.7. The van der Waals surface area contributed by atoms with E-state index in [4.69, 9.17) is 11.6 Å². The fourth-order valence-corrected chi connectivity index (χ4v) is 3.23. The molecule has 1 aromatic carbocycles. The van der Waals surface area contributed by atoms with E-state index in [1.54, 1.807) is 48.8 Å². The SMILES string of the molecule is Cc1ccc(-c2cc(C(F)(F)F)n3nc(C(=O)NCc4cccnc4)c(Cl)c3n2)cc1. The number of nitrogens with zero attached hydrogens (tertiary/aromatic N) is 4. The maximum atomic E-state index is 13.7.